The van der Waals surface area contributed by atoms with E-state index in [9.17, 15) is 4.39 Å². The molecule has 0 fully saturated rings. The topological polar surface area (TPSA) is 35.2 Å². The molecule has 0 radical (unpaired) electrons. The van der Waals surface area contributed by atoms with E-state index in [2.05, 4.69) is 72.9 Å². The van der Waals surface area contributed by atoms with Crippen LogP contribution in [0.5, 0.6) is 0 Å². The molecule has 0 unspecified atom stereocenters. The minimum atomic E-state index is -0.198. The van der Waals surface area contributed by atoms with Crippen LogP contribution in [-0.2, 0) is 4.74 Å². The highest BCUT2D eigenvalue weighted by Gasteiger charge is 2.05. The third-order valence-electron chi connectivity index (χ3n) is 5.98. The van der Waals surface area contributed by atoms with Gasteiger partial charge in [0.25, 0.3) is 0 Å². The number of benzene rings is 1. The van der Waals surface area contributed by atoms with Crippen LogP contribution >= 0.6 is 0 Å². The van der Waals surface area contributed by atoms with E-state index in [0.29, 0.717) is 13.2 Å². The molecule has 0 heterocycles. The van der Waals surface area contributed by atoms with Crippen molar-refractivity contribution in [2.45, 2.75) is 134 Å². The molecule has 0 amide bonds. The Balaban J connectivity index is -0.000000361. The molecule has 0 saturated heterocycles. The molecule has 40 heavy (non-hydrogen) atoms. The van der Waals surface area contributed by atoms with Gasteiger partial charge in [0.05, 0.1) is 6.61 Å². The van der Waals surface area contributed by atoms with Gasteiger partial charge in [0.2, 0.25) is 0 Å². The maximum Gasteiger partial charge on any atom is 0.123 e. The van der Waals surface area contributed by atoms with Gasteiger partial charge in [0.15, 0.2) is 0 Å². The summed E-state index contributed by atoms with van der Waals surface area (Å²) in [5, 5.41) is 0. The summed E-state index contributed by atoms with van der Waals surface area (Å²) in [6.07, 6.45) is 16.9. The van der Waals surface area contributed by atoms with E-state index >= 15 is 0 Å². The lowest BCUT2D eigenvalue weighted by Crippen LogP contribution is -2.05. The monoisotopic (exact) mass is 562 g/mol. The number of rotatable bonds is 15. The molecule has 0 spiro atoms. The number of hydrogen-bond donors (Lipinski definition) is 1. The predicted octanol–water partition coefficient (Wildman–Crippen LogP) is 12.4. The van der Waals surface area contributed by atoms with Crippen molar-refractivity contribution in [2.75, 3.05) is 13.2 Å². The summed E-state index contributed by atoms with van der Waals surface area (Å²) >= 11 is 0. The highest BCUT2D eigenvalue weighted by atomic mass is 19.1. The molecule has 0 atom stereocenters. The summed E-state index contributed by atoms with van der Waals surface area (Å²) in [7, 11) is 0. The van der Waals surface area contributed by atoms with Gasteiger partial charge in [-0.15, -0.1) is 13.2 Å². The number of allylic oxidation sites excluding steroid dienone is 4. The van der Waals surface area contributed by atoms with Gasteiger partial charge in [-0.1, -0.05) is 118 Å². The molecule has 2 nitrogen and oxygen atoms in total. The van der Waals surface area contributed by atoms with Crippen LogP contribution in [0.4, 0.5) is 4.39 Å². The summed E-state index contributed by atoms with van der Waals surface area (Å²) in [6.45, 7) is 30.5. The quantitative estimate of drug-likeness (QED) is 0.1000. The van der Waals surface area contributed by atoms with Crippen LogP contribution in [0.1, 0.15) is 138 Å². The van der Waals surface area contributed by atoms with E-state index in [1.165, 1.54) is 49.3 Å². The summed E-state index contributed by atoms with van der Waals surface area (Å²) < 4.78 is 19.3. The molecule has 3 heteroatoms. The molecule has 1 aromatic rings. The van der Waals surface area contributed by atoms with Crippen LogP contribution in [0, 0.1) is 18.7 Å². The fourth-order valence-corrected chi connectivity index (χ4v) is 3.90. The fourth-order valence-electron chi connectivity index (χ4n) is 3.90. The predicted molar refractivity (Wildman–Crippen MR) is 183 cm³/mol. The van der Waals surface area contributed by atoms with Gasteiger partial charge in [0.1, 0.15) is 11.6 Å². The number of aryl methyl sites for hydroxylation is 1. The van der Waals surface area contributed by atoms with Crippen molar-refractivity contribution in [1.82, 2.24) is 0 Å². The molecule has 0 bridgehead atoms. The van der Waals surface area contributed by atoms with Gasteiger partial charge in [-0.3, -0.25) is 0 Å². The molecule has 1 rings (SSSR count). The summed E-state index contributed by atoms with van der Waals surface area (Å²) in [5.74, 6) is 1.78. The van der Waals surface area contributed by atoms with Gasteiger partial charge in [-0.25, -0.2) is 4.39 Å². The van der Waals surface area contributed by atoms with E-state index in [-0.39, 0.29) is 5.82 Å². The molecule has 234 valence electrons. The average molecular weight is 562 g/mol. The van der Waals surface area contributed by atoms with Gasteiger partial charge in [-0.05, 0) is 86.9 Å². The van der Waals surface area contributed by atoms with Crippen molar-refractivity contribution in [3.05, 3.63) is 77.4 Å². The van der Waals surface area contributed by atoms with Crippen molar-refractivity contribution < 1.29 is 9.13 Å². The number of hydrogen-bond acceptors (Lipinski definition) is 2. The zero-order chi connectivity index (χ0) is 31.8. The lowest BCUT2D eigenvalue weighted by molar-refractivity contribution is 0.215. The lowest BCUT2D eigenvalue weighted by atomic mass is 9.96. The van der Waals surface area contributed by atoms with Crippen molar-refractivity contribution in [2.24, 2.45) is 11.7 Å². The molecule has 0 aliphatic carbocycles. The molecule has 1 aromatic carbocycles. The van der Waals surface area contributed by atoms with Gasteiger partial charge < -0.3 is 10.5 Å². The molecule has 0 aliphatic heterocycles. The normalized spacial score (nSPS) is 11.1. The average Bonchev–Trinajstić information content (AvgIpc) is 2.98. The van der Waals surface area contributed by atoms with Gasteiger partial charge in [-0.2, -0.15) is 0 Å². The van der Waals surface area contributed by atoms with Crippen molar-refractivity contribution in [1.29, 1.82) is 0 Å². The van der Waals surface area contributed by atoms with Crippen LogP contribution in [0.25, 0.3) is 6.08 Å². The first-order valence-electron chi connectivity index (χ1n) is 16.0. The molecule has 0 aromatic heterocycles. The number of nitrogens with two attached hydrogens (primary N) is 1. The van der Waals surface area contributed by atoms with E-state index in [1.807, 2.05) is 40.7 Å². The summed E-state index contributed by atoms with van der Waals surface area (Å²) in [6, 6.07) is 4.90. The van der Waals surface area contributed by atoms with Crippen LogP contribution in [0.3, 0.4) is 0 Å². The second-order valence-electron chi connectivity index (χ2n) is 9.10. The lowest BCUT2D eigenvalue weighted by Gasteiger charge is -2.13. The van der Waals surface area contributed by atoms with Crippen LogP contribution < -0.4 is 5.73 Å². The van der Waals surface area contributed by atoms with Crippen molar-refractivity contribution in [3.8, 4) is 0 Å². The first-order chi connectivity index (χ1) is 19.4. The second kappa shape index (κ2) is 34.9. The number of ether oxygens (including phenoxy) is 1. The van der Waals surface area contributed by atoms with E-state index in [4.69, 9.17) is 10.5 Å². The Morgan fingerprint density at radius 2 is 1.55 bits per heavy atom. The first kappa shape index (κ1) is 44.9. The first-order valence-corrected chi connectivity index (χ1v) is 16.0. The Morgan fingerprint density at radius 1 is 0.975 bits per heavy atom. The van der Waals surface area contributed by atoms with Gasteiger partial charge in [0, 0.05) is 0 Å². The fraction of sp³-hybridized carbons (Fsp3) is 0.622. The van der Waals surface area contributed by atoms with E-state index < -0.39 is 0 Å². The Hall–Kier alpha value is -2.13. The van der Waals surface area contributed by atoms with E-state index in [0.717, 1.165) is 48.5 Å². The minimum absolute atomic E-state index is 0.198. The Morgan fingerprint density at radius 3 is 2.00 bits per heavy atom. The standard InChI is InChI=1S/C22H32FNO.C9H20.2C2H6.C2H4/c1-5-8-22(25-14-7-13-24)19(6-2)11-9-17(3)15-20-16-21(23)12-10-18(20)4;1-4-7-9(6-3)8-5-2;3*1-2/h8,10-12,15-16H,5-7,9,13-14,24H2,1-4H3;9H,4-8H2,1-3H3;2*1-2H3;1-2H2/b17-15+,19-11-,22-8+;;;;. The molecule has 0 aliphatic rings. The minimum Gasteiger partial charge on any atom is -0.494 e. The maximum absolute atomic E-state index is 13.4. The molecule has 0 saturated carbocycles. The Bertz CT molecular complexity index is 757. The SMILES string of the molecule is C=C.CC.CC.CC/C=C(OCCCN)\C(=C/C/C(C)=C/c1cc(F)ccc1C)CC.CCCC(CC)CCC. The smallest absolute Gasteiger partial charge is 0.123 e. The highest BCUT2D eigenvalue weighted by molar-refractivity contribution is 5.56. The second-order valence-corrected chi connectivity index (χ2v) is 9.10. The molecular weight excluding hydrogens is 493 g/mol. The molecule has 2 N–H and O–H groups in total. The Labute approximate surface area is 251 Å². The zero-order valence-electron chi connectivity index (χ0n) is 28.6. The summed E-state index contributed by atoms with van der Waals surface area (Å²) in [4.78, 5) is 0. The van der Waals surface area contributed by atoms with Crippen LogP contribution in [0.2, 0.25) is 0 Å². The third kappa shape index (κ3) is 24.9. The van der Waals surface area contributed by atoms with Crippen LogP contribution in [0.15, 0.2) is 60.4 Å². The van der Waals surface area contributed by atoms with Crippen molar-refractivity contribution in [3.63, 3.8) is 0 Å². The largest absolute Gasteiger partial charge is 0.494 e. The third-order valence-corrected chi connectivity index (χ3v) is 5.98. The summed E-state index contributed by atoms with van der Waals surface area (Å²) in [5.41, 5.74) is 9.96. The highest BCUT2D eigenvalue weighted by Crippen LogP contribution is 2.21. The van der Waals surface area contributed by atoms with E-state index in [1.54, 1.807) is 6.07 Å². The maximum atomic E-state index is 13.4. The van der Waals surface area contributed by atoms with Gasteiger partial charge >= 0.3 is 0 Å². The molecular formula is C37H68FNO. The zero-order valence-corrected chi connectivity index (χ0v) is 28.6. The van der Waals surface area contributed by atoms with Crippen molar-refractivity contribution >= 4 is 6.08 Å². The number of halogens is 1. The van der Waals surface area contributed by atoms with Crippen LogP contribution in [-0.4, -0.2) is 13.2 Å². The Kier molecular flexibility index (Phi) is 39.2.